The van der Waals surface area contributed by atoms with Gasteiger partial charge in [0.15, 0.2) is 3.79 Å². The van der Waals surface area contributed by atoms with Crippen molar-refractivity contribution in [1.29, 1.82) is 0 Å². The maximum Gasteiger partial charge on any atom is 0.194 e. The number of Topliss-reactive ketones (excluding diaryl/α,β-unsaturated/α-hetero) is 1. The Morgan fingerprint density at radius 1 is 1.50 bits per heavy atom. The Hall–Kier alpha value is 0.540. The average Bonchev–Trinajstić information content (AvgIpc) is 1.81. The molecule has 0 unspecified atom stereocenters. The van der Waals surface area contributed by atoms with Crippen LogP contribution in [0.4, 0.5) is 0 Å². The first-order valence-electron chi connectivity index (χ1n) is 2.88. The van der Waals surface area contributed by atoms with Crippen molar-refractivity contribution in [2.45, 2.75) is 23.6 Å². The molecule has 0 saturated heterocycles. The third-order valence-electron chi connectivity index (χ3n) is 0.956. The lowest BCUT2D eigenvalue weighted by Crippen LogP contribution is -2.07. The molecule has 0 spiro atoms. The maximum atomic E-state index is 10.7. The first-order chi connectivity index (χ1) is 4.45. The van der Waals surface area contributed by atoms with Gasteiger partial charge in [0.05, 0.1) is 0 Å². The van der Waals surface area contributed by atoms with Gasteiger partial charge in [0, 0.05) is 19.3 Å². The molecular formula is C6H8Cl3O. The SMILES string of the molecule is CCC(=O)C[CH]C(Cl)(Cl)Cl. The number of rotatable bonds is 3. The zero-order valence-corrected chi connectivity index (χ0v) is 7.80. The van der Waals surface area contributed by atoms with Gasteiger partial charge in [0.2, 0.25) is 0 Å². The van der Waals surface area contributed by atoms with E-state index in [9.17, 15) is 4.79 Å². The first-order valence-corrected chi connectivity index (χ1v) is 4.02. The molecule has 0 aromatic rings. The third kappa shape index (κ3) is 6.66. The number of alkyl halides is 3. The lowest BCUT2D eigenvalue weighted by atomic mass is 10.2. The van der Waals surface area contributed by atoms with Gasteiger partial charge in [-0.25, -0.2) is 0 Å². The van der Waals surface area contributed by atoms with Gasteiger partial charge in [-0.1, -0.05) is 41.7 Å². The van der Waals surface area contributed by atoms with Crippen molar-refractivity contribution in [2.75, 3.05) is 0 Å². The summed E-state index contributed by atoms with van der Waals surface area (Å²) in [6.45, 7) is 1.77. The summed E-state index contributed by atoms with van der Waals surface area (Å²) < 4.78 is -1.40. The van der Waals surface area contributed by atoms with Crippen molar-refractivity contribution < 1.29 is 4.79 Å². The van der Waals surface area contributed by atoms with Crippen molar-refractivity contribution >= 4 is 40.6 Å². The smallest absolute Gasteiger partial charge is 0.194 e. The van der Waals surface area contributed by atoms with Crippen molar-refractivity contribution in [3.8, 4) is 0 Å². The fourth-order valence-electron chi connectivity index (χ4n) is 0.374. The van der Waals surface area contributed by atoms with Crippen LogP contribution in [0.25, 0.3) is 0 Å². The number of carbonyl (C=O) groups excluding carboxylic acids is 1. The summed E-state index contributed by atoms with van der Waals surface area (Å²) in [6, 6.07) is 0. The quantitative estimate of drug-likeness (QED) is 0.643. The Morgan fingerprint density at radius 3 is 2.30 bits per heavy atom. The molecule has 0 N–H and O–H groups in total. The first kappa shape index (κ1) is 10.5. The normalized spacial score (nSPS) is 11.6. The molecule has 0 aliphatic heterocycles. The molecule has 0 atom stereocenters. The zero-order chi connectivity index (χ0) is 8.20. The topological polar surface area (TPSA) is 17.1 Å². The molecule has 0 bridgehead atoms. The Labute approximate surface area is 75.6 Å². The Kier molecular flexibility index (Phi) is 4.66. The predicted octanol–water partition coefficient (Wildman–Crippen LogP) is 2.93. The van der Waals surface area contributed by atoms with E-state index in [0.717, 1.165) is 0 Å². The summed E-state index contributed by atoms with van der Waals surface area (Å²) in [5.74, 6) is 0.0753. The molecule has 1 radical (unpaired) electrons. The fourth-order valence-corrected chi connectivity index (χ4v) is 0.605. The molecule has 10 heavy (non-hydrogen) atoms. The van der Waals surface area contributed by atoms with Crippen molar-refractivity contribution in [3.05, 3.63) is 6.42 Å². The van der Waals surface area contributed by atoms with E-state index in [1.165, 1.54) is 6.42 Å². The number of hydrogen-bond acceptors (Lipinski definition) is 1. The second-order valence-electron chi connectivity index (χ2n) is 1.84. The zero-order valence-electron chi connectivity index (χ0n) is 5.53. The van der Waals surface area contributed by atoms with Crippen LogP contribution in [0.3, 0.4) is 0 Å². The van der Waals surface area contributed by atoms with Crippen LogP contribution in [0.1, 0.15) is 19.8 Å². The van der Waals surface area contributed by atoms with Crippen LogP contribution in [-0.4, -0.2) is 9.58 Å². The Bertz CT molecular complexity index is 117. The number of halogens is 3. The summed E-state index contributed by atoms with van der Waals surface area (Å²) in [6.07, 6.45) is 2.08. The molecular weight excluding hydrogens is 194 g/mol. The predicted molar refractivity (Wildman–Crippen MR) is 44.5 cm³/mol. The molecule has 0 saturated carbocycles. The third-order valence-corrected chi connectivity index (χ3v) is 1.42. The molecule has 1 nitrogen and oxygen atoms in total. The van der Waals surface area contributed by atoms with Crippen LogP contribution in [0, 0.1) is 6.42 Å². The molecule has 0 aromatic heterocycles. The van der Waals surface area contributed by atoms with Gasteiger partial charge in [-0.05, 0) is 0 Å². The standard InChI is InChI=1S/C6H8Cl3O/c1-2-5(10)3-4-6(7,8)9/h4H,2-3H2,1H3. The molecule has 0 rings (SSSR count). The average molecular weight is 202 g/mol. The van der Waals surface area contributed by atoms with Crippen LogP contribution in [0.15, 0.2) is 0 Å². The highest BCUT2D eigenvalue weighted by molar-refractivity contribution is 6.68. The summed E-state index contributed by atoms with van der Waals surface area (Å²) in [5, 5.41) is 0. The highest BCUT2D eigenvalue weighted by Crippen LogP contribution is 2.30. The van der Waals surface area contributed by atoms with E-state index >= 15 is 0 Å². The van der Waals surface area contributed by atoms with E-state index in [1.807, 2.05) is 0 Å². The van der Waals surface area contributed by atoms with Crippen LogP contribution in [0.5, 0.6) is 0 Å². The lowest BCUT2D eigenvalue weighted by Gasteiger charge is -2.07. The van der Waals surface area contributed by atoms with Gasteiger partial charge in [-0.2, -0.15) is 0 Å². The van der Waals surface area contributed by atoms with Crippen LogP contribution in [0.2, 0.25) is 0 Å². The van der Waals surface area contributed by atoms with Gasteiger partial charge < -0.3 is 0 Å². The van der Waals surface area contributed by atoms with E-state index in [2.05, 4.69) is 0 Å². The summed E-state index contributed by atoms with van der Waals surface area (Å²) in [4.78, 5) is 10.7. The van der Waals surface area contributed by atoms with E-state index < -0.39 is 3.79 Å². The second kappa shape index (κ2) is 4.42. The molecule has 4 heteroatoms. The van der Waals surface area contributed by atoms with E-state index in [1.54, 1.807) is 6.92 Å². The number of carbonyl (C=O) groups is 1. The molecule has 0 amide bonds. The second-order valence-corrected chi connectivity index (χ2v) is 4.21. The van der Waals surface area contributed by atoms with Gasteiger partial charge >= 0.3 is 0 Å². The van der Waals surface area contributed by atoms with Crippen LogP contribution < -0.4 is 0 Å². The van der Waals surface area contributed by atoms with Gasteiger partial charge in [0.1, 0.15) is 5.78 Å². The minimum Gasteiger partial charge on any atom is -0.300 e. The van der Waals surface area contributed by atoms with Gasteiger partial charge in [-0.3, -0.25) is 4.79 Å². The number of ketones is 1. The van der Waals surface area contributed by atoms with Gasteiger partial charge in [0.25, 0.3) is 0 Å². The Morgan fingerprint density at radius 2 is 2.00 bits per heavy atom. The van der Waals surface area contributed by atoms with Gasteiger partial charge in [-0.15, -0.1) is 0 Å². The lowest BCUT2D eigenvalue weighted by molar-refractivity contribution is -0.118. The monoisotopic (exact) mass is 201 g/mol. The van der Waals surface area contributed by atoms with Crippen LogP contribution in [-0.2, 0) is 4.79 Å². The molecule has 0 aliphatic rings. The summed E-state index contributed by atoms with van der Waals surface area (Å²) in [7, 11) is 0. The highest BCUT2D eigenvalue weighted by atomic mass is 35.6. The Balaban J connectivity index is 3.46. The largest absolute Gasteiger partial charge is 0.300 e. The van der Waals surface area contributed by atoms with E-state index in [-0.39, 0.29) is 12.2 Å². The van der Waals surface area contributed by atoms with Crippen molar-refractivity contribution in [1.82, 2.24) is 0 Å². The van der Waals surface area contributed by atoms with E-state index in [4.69, 9.17) is 34.8 Å². The molecule has 0 fully saturated rings. The van der Waals surface area contributed by atoms with Crippen molar-refractivity contribution in [2.24, 2.45) is 0 Å². The summed E-state index contributed by atoms with van der Waals surface area (Å²) in [5.41, 5.74) is 0. The molecule has 0 heterocycles. The fraction of sp³-hybridized carbons (Fsp3) is 0.667. The summed E-state index contributed by atoms with van der Waals surface area (Å²) >= 11 is 16.1. The minimum absolute atomic E-state index is 0.0753. The molecule has 0 aromatic carbocycles. The van der Waals surface area contributed by atoms with E-state index in [0.29, 0.717) is 6.42 Å². The maximum absolute atomic E-state index is 10.7. The molecule has 0 aliphatic carbocycles. The highest BCUT2D eigenvalue weighted by Gasteiger charge is 2.20. The van der Waals surface area contributed by atoms with Crippen molar-refractivity contribution in [3.63, 3.8) is 0 Å². The number of hydrogen-bond donors (Lipinski definition) is 0. The van der Waals surface area contributed by atoms with Crippen LogP contribution >= 0.6 is 34.8 Å². The minimum atomic E-state index is -1.40. The molecule has 59 valence electrons.